The zero-order valence-corrected chi connectivity index (χ0v) is 12.5. The summed E-state index contributed by atoms with van der Waals surface area (Å²) in [4.78, 5) is 14.4. The quantitative estimate of drug-likeness (QED) is 0.810. The van der Waals surface area contributed by atoms with E-state index in [9.17, 15) is 4.79 Å². The van der Waals surface area contributed by atoms with E-state index in [0.717, 1.165) is 17.8 Å². The number of hydrogen-bond acceptors (Lipinski definition) is 3. The van der Waals surface area contributed by atoms with Gasteiger partial charge in [0.25, 0.3) is 5.91 Å². The summed E-state index contributed by atoms with van der Waals surface area (Å²) in [6, 6.07) is 6.10. The van der Waals surface area contributed by atoms with Crippen LogP contribution in [0.5, 0.6) is 0 Å². The number of nitrogens with two attached hydrogens (primary N) is 1. The zero-order valence-electron chi connectivity index (χ0n) is 12.5. The Hall–Kier alpha value is -1.55. The van der Waals surface area contributed by atoms with E-state index in [0.29, 0.717) is 18.2 Å². The van der Waals surface area contributed by atoms with Gasteiger partial charge in [0, 0.05) is 30.4 Å². The van der Waals surface area contributed by atoms with Crippen molar-refractivity contribution in [1.29, 1.82) is 0 Å². The standard InChI is InChI=1S/C16H25N3O/c1-12-11-13(7-8-15(12)17)16(20)18-9-10-19(2)14-5-3-4-6-14/h7-8,11,14H,3-6,9-10,17H2,1-2H3,(H,18,20). The van der Waals surface area contributed by atoms with Crippen LogP contribution in [0.4, 0.5) is 5.69 Å². The second-order valence-corrected chi connectivity index (χ2v) is 5.75. The summed E-state index contributed by atoms with van der Waals surface area (Å²) in [5.41, 5.74) is 8.11. The number of carbonyl (C=O) groups excluding carboxylic acids is 1. The maximum absolute atomic E-state index is 12.0. The Labute approximate surface area is 121 Å². The number of aryl methyl sites for hydroxylation is 1. The molecule has 0 heterocycles. The molecule has 110 valence electrons. The zero-order chi connectivity index (χ0) is 14.5. The molecule has 1 aromatic rings. The van der Waals surface area contributed by atoms with Gasteiger partial charge < -0.3 is 16.0 Å². The lowest BCUT2D eigenvalue weighted by atomic mass is 10.1. The molecule has 0 unspecified atom stereocenters. The maximum Gasteiger partial charge on any atom is 0.251 e. The molecule has 0 bridgehead atoms. The Morgan fingerprint density at radius 2 is 2.10 bits per heavy atom. The molecule has 20 heavy (non-hydrogen) atoms. The fourth-order valence-electron chi connectivity index (χ4n) is 2.79. The molecule has 1 saturated carbocycles. The van der Waals surface area contributed by atoms with Crippen molar-refractivity contribution in [2.75, 3.05) is 25.9 Å². The second-order valence-electron chi connectivity index (χ2n) is 5.75. The molecule has 0 aliphatic heterocycles. The number of likely N-dealkylation sites (N-methyl/N-ethyl adjacent to an activating group) is 1. The van der Waals surface area contributed by atoms with Crippen molar-refractivity contribution in [3.63, 3.8) is 0 Å². The lowest BCUT2D eigenvalue weighted by Gasteiger charge is -2.23. The summed E-state index contributed by atoms with van der Waals surface area (Å²) >= 11 is 0. The molecule has 1 aromatic carbocycles. The molecule has 0 saturated heterocycles. The van der Waals surface area contributed by atoms with Crippen molar-refractivity contribution >= 4 is 11.6 Å². The minimum Gasteiger partial charge on any atom is -0.399 e. The Morgan fingerprint density at radius 1 is 1.40 bits per heavy atom. The smallest absolute Gasteiger partial charge is 0.251 e. The van der Waals surface area contributed by atoms with E-state index in [1.165, 1.54) is 25.7 Å². The number of hydrogen-bond donors (Lipinski definition) is 2. The first kappa shape index (κ1) is 14.9. The molecule has 1 fully saturated rings. The van der Waals surface area contributed by atoms with Crippen LogP contribution in [0.3, 0.4) is 0 Å². The van der Waals surface area contributed by atoms with E-state index in [2.05, 4.69) is 17.3 Å². The van der Waals surface area contributed by atoms with Gasteiger partial charge in [-0.2, -0.15) is 0 Å². The van der Waals surface area contributed by atoms with Crippen LogP contribution >= 0.6 is 0 Å². The highest BCUT2D eigenvalue weighted by Gasteiger charge is 2.19. The van der Waals surface area contributed by atoms with Crippen LogP contribution in [0.15, 0.2) is 18.2 Å². The molecule has 4 nitrogen and oxygen atoms in total. The number of anilines is 1. The van der Waals surface area contributed by atoms with Crippen LogP contribution < -0.4 is 11.1 Å². The lowest BCUT2D eigenvalue weighted by Crippen LogP contribution is -2.37. The minimum atomic E-state index is -0.0204. The highest BCUT2D eigenvalue weighted by Crippen LogP contribution is 2.21. The minimum absolute atomic E-state index is 0.0204. The molecule has 0 spiro atoms. The first-order valence-electron chi connectivity index (χ1n) is 7.42. The first-order chi connectivity index (χ1) is 9.58. The van der Waals surface area contributed by atoms with Crippen molar-refractivity contribution in [2.24, 2.45) is 0 Å². The van der Waals surface area contributed by atoms with E-state index in [1.54, 1.807) is 12.1 Å². The summed E-state index contributed by atoms with van der Waals surface area (Å²) in [5.74, 6) is -0.0204. The molecule has 1 aliphatic rings. The van der Waals surface area contributed by atoms with Gasteiger partial charge in [0.1, 0.15) is 0 Å². The molecule has 0 atom stereocenters. The largest absolute Gasteiger partial charge is 0.399 e. The number of benzene rings is 1. The topological polar surface area (TPSA) is 58.4 Å². The van der Waals surface area contributed by atoms with E-state index < -0.39 is 0 Å². The van der Waals surface area contributed by atoms with Gasteiger partial charge >= 0.3 is 0 Å². The number of amides is 1. The Kier molecular flexibility index (Phi) is 5.01. The molecular weight excluding hydrogens is 250 g/mol. The van der Waals surface area contributed by atoms with Crippen LogP contribution in [0.1, 0.15) is 41.6 Å². The van der Waals surface area contributed by atoms with E-state index >= 15 is 0 Å². The third-order valence-electron chi connectivity index (χ3n) is 4.23. The van der Waals surface area contributed by atoms with Crippen LogP contribution in [0, 0.1) is 6.92 Å². The monoisotopic (exact) mass is 275 g/mol. The molecule has 2 rings (SSSR count). The van der Waals surface area contributed by atoms with Gasteiger partial charge in [-0.15, -0.1) is 0 Å². The summed E-state index contributed by atoms with van der Waals surface area (Å²) in [6.45, 7) is 3.51. The van der Waals surface area contributed by atoms with Crippen LogP contribution in [0.2, 0.25) is 0 Å². The maximum atomic E-state index is 12.0. The van der Waals surface area contributed by atoms with Crippen molar-refractivity contribution in [3.05, 3.63) is 29.3 Å². The van der Waals surface area contributed by atoms with Gasteiger partial charge in [-0.1, -0.05) is 12.8 Å². The third kappa shape index (κ3) is 3.73. The van der Waals surface area contributed by atoms with Crippen LogP contribution in [0.25, 0.3) is 0 Å². The van der Waals surface area contributed by atoms with Crippen LogP contribution in [-0.2, 0) is 0 Å². The van der Waals surface area contributed by atoms with Crippen molar-refractivity contribution in [2.45, 2.75) is 38.6 Å². The van der Waals surface area contributed by atoms with Crippen molar-refractivity contribution in [3.8, 4) is 0 Å². The Balaban J connectivity index is 1.78. The summed E-state index contributed by atoms with van der Waals surface area (Å²) in [7, 11) is 2.15. The molecular formula is C16H25N3O. The van der Waals surface area contributed by atoms with Gasteiger partial charge in [0.15, 0.2) is 0 Å². The highest BCUT2D eigenvalue weighted by atomic mass is 16.1. The molecule has 0 aromatic heterocycles. The number of nitrogen functional groups attached to an aromatic ring is 1. The molecule has 1 amide bonds. The number of nitrogens with one attached hydrogen (secondary N) is 1. The fraction of sp³-hybridized carbons (Fsp3) is 0.562. The molecule has 0 radical (unpaired) electrons. The highest BCUT2D eigenvalue weighted by molar-refractivity contribution is 5.94. The van der Waals surface area contributed by atoms with Crippen molar-refractivity contribution < 1.29 is 4.79 Å². The van der Waals surface area contributed by atoms with Gasteiger partial charge in [0.05, 0.1) is 0 Å². The summed E-state index contributed by atoms with van der Waals surface area (Å²) in [5, 5.41) is 2.98. The summed E-state index contributed by atoms with van der Waals surface area (Å²) < 4.78 is 0. The molecule has 3 N–H and O–H groups in total. The number of nitrogens with zero attached hydrogens (tertiary/aromatic N) is 1. The average molecular weight is 275 g/mol. The predicted octanol–water partition coefficient (Wildman–Crippen LogP) is 2.18. The van der Waals surface area contributed by atoms with E-state index in [1.807, 2.05) is 13.0 Å². The van der Waals surface area contributed by atoms with Gasteiger partial charge in [-0.25, -0.2) is 0 Å². The van der Waals surface area contributed by atoms with Gasteiger partial charge in [0.2, 0.25) is 0 Å². The van der Waals surface area contributed by atoms with Gasteiger partial charge in [-0.3, -0.25) is 4.79 Å². The molecule has 4 heteroatoms. The SMILES string of the molecule is Cc1cc(C(=O)NCCN(C)C2CCCC2)ccc1N. The van der Waals surface area contributed by atoms with Gasteiger partial charge in [-0.05, 0) is 50.6 Å². The third-order valence-corrected chi connectivity index (χ3v) is 4.23. The number of carbonyl (C=O) groups is 1. The van der Waals surface area contributed by atoms with E-state index in [4.69, 9.17) is 5.73 Å². The fourth-order valence-corrected chi connectivity index (χ4v) is 2.79. The predicted molar refractivity (Wildman–Crippen MR) is 82.8 cm³/mol. The number of rotatable bonds is 5. The summed E-state index contributed by atoms with van der Waals surface area (Å²) in [6.07, 6.45) is 5.27. The second kappa shape index (κ2) is 6.75. The average Bonchev–Trinajstić information content (AvgIpc) is 2.95. The Bertz CT molecular complexity index is 467. The van der Waals surface area contributed by atoms with E-state index in [-0.39, 0.29) is 5.91 Å². The Morgan fingerprint density at radius 3 is 2.75 bits per heavy atom. The lowest BCUT2D eigenvalue weighted by molar-refractivity contribution is 0.0947. The normalized spacial score (nSPS) is 15.8. The molecule has 1 aliphatic carbocycles. The first-order valence-corrected chi connectivity index (χ1v) is 7.42. The van der Waals surface area contributed by atoms with Crippen LogP contribution in [-0.4, -0.2) is 37.0 Å². The van der Waals surface area contributed by atoms with Crippen molar-refractivity contribution in [1.82, 2.24) is 10.2 Å².